The number of amides is 2. The molecule has 0 bridgehead atoms. The third-order valence-electron chi connectivity index (χ3n) is 4.72. The minimum Gasteiger partial charge on any atom is -0.497 e. The van der Waals surface area contributed by atoms with Crippen molar-refractivity contribution in [2.24, 2.45) is 0 Å². The number of halogens is 1. The van der Waals surface area contributed by atoms with E-state index in [4.69, 9.17) is 25.8 Å². The zero-order valence-electron chi connectivity index (χ0n) is 19.0. The summed E-state index contributed by atoms with van der Waals surface area (Å²) in [6.07, 6.45) is 1.35. The average molecular weight is 492 g/mol. The van der Waals surface area contributed by atoms with Crippen LogP contribution in [-0.2, 0) is 9.59 Å². The highest BCUT2D eigenvalue weighted by Crippen LogP contribution is 2.27. The van der Waals surface area contributed by atoms with Gasteiger partial charge in [-0.25, -0.2) is 0 Å². The zero-order valence-corrected chi connectivity index (χ0v) is 19.8. The number of hydrogen-bond acceptors (Lipinski definition) is 6. The minimum absolute atomic E-state index is 0.175. The van der Waals surface area contributed by atoms with Crippen LogP contribution in [0.3, 0.4) is 0 Å². The van der Waals surface area contributed by atoms with Gasteiger partial charge in [-0.2, -0.15) is 5.26 Å². The van der Waals surface area contributed by atoms with Crippen molar-refractivity contribution in [3.8, 4) is 23.3 Å². The molecule has 0 aliphatic rings. The Labute approximate surface area is 207 Å². The summed E-state index contributed by atoms with van der Waals surface area (Å²) in [5.74, 6) is 0.385. The van der Waals surface area contributed by atoms with Gasteiger partial charge in [-0.3, -0.25) is 9.59 Å². The molecule has 0 radical (unpaired) electrons. The lowest BCUT2D eigenvalue weighted by atomic mass is 10.1. The van der Waals surface area contributed by atoms with Crippen LogP contribution in [0.5, 0.6) is 17.2 Å². The van der Waals surface area contributed by atoms with E-state index in [0.29, 0.717) is 33.5 Å². The molecule has 0 spiro atoms. The SMILES string of the molecule is COc1ccc(NC(=O)C(C#N)=Cc2cc(Cl)ccc2OCC(=O)Nc2ccccc2OC)cc1. The average Bonchev–Trinajstić information content (AvgIpc) is 2.87. The van der Waals surface area contributed by atoms with Crippen molar-refractivity contribution in [2.45, 2.75) is 0 Å². The summed E-state index contributed by atoms with van der Waals surface area (Å²) in [6, 6.07) is 20.2. The predicted octanol–water partition coefficient (Wildman–Crippen LogP) is 4.92. The molecule has 2 N–H and O–H groups in total. The summed E-state index contributed by atoms with van der Waals surface area (Å²) in [5, 5.41) is 15.3. The molecule has 0 aliphatic carbocycles. The first kappa shape index (κ1) is 25.1. The van der Waals surface area contributed by atoms with Crippen LogP contribution in [0.4, 0.5) is 11.4 Å². The van der Waals surface area contributed by atoms with Crippen molar-refractivity contribution < 1.29 is 23.8 Å². The van der Waals surface area contributed by atoms with E-state index < -0.39 is 11.8 Å². The maximum Gasteiger partial charge on any atom is 0.266 e. The van der Waals surface area contributed by atoms with Gasteiger partial charge in [-0.1, -0.05) is 23.7 Å². The van der Waals surface area contributed by atoms with Crippen LogP contribution in [0.1, 0.15) is 5.56 Å². The van der Waals surface area contributed by atoms with Gasteiger partial charge in [-0.05, 0) is 60.7 Å². The van der Waals surface area contributed by atoms with E-state index in [1.54, 1.807) is 60.7 Å². The first-order valence-corrected chi connectivity index (χ1v) is 10.7. The number of methoxy groups -OCH3 is 2. The highest BCUT2D eigenvalue weighted by Gasteiger charge is 2.14. The molecule has 0 aromatic heterocycles. The van der Waals surface area contributed by atoms with Crippen molar-refractivity contribution in [3.05, 3.63) is 82.9 Å². The van der Waals surface area contributed by atoms with Crippen molar-refractivity contribution in [3.63, 3.8) is 0 Å². The van der Waals surface area contributed by atoms with Gasteiger partial charge in [0.2, 0.25) is 0 Å². The second-order valence-electron chi connectivity index (χ2n) is 7.07. The molecule has 35 heavy (non-hydrogen) atoms. The third kappa shape index (κ3) is 7.00. The van der Waals surface area contributed by atoms with Crippen molar-refractivity contribution in [1.29, 1.82) is 5.26 Å². The van der Waals surface area contributed by atoms with Crippen LogP contribution in [0, 0.1) is 11.3 Å². The van der Waals surface area contributed by atoms with Gasteiger partial charge in [0.25, 0.3) is 11.8 Å². The van der Waals surface area contributed by atoms with Gasteiger partial charge < -0.3 is 24.8 Å². The standard InChI is InChI=1S/C26H22ClN3O5/c1-33-21-10-8-20(9-11-21)29-26(32)18(15-28)13-17-14-19(27)7-12-23(17)35-16-25(31)30-22-5-3-4-6-24(22)34-2/h3-14H,16H2,1-2H3,(H,29,32)(H,30,31). The number of benzene rings is 3. The Morgan fingerprint density at radius 3 is 2.40 bits per heavy atom. The maximum atomic E-state index is 12.6. The van der Waals surface area contributed by atoms with E-state index >= 15 is 0 Å². The molecule has 0 saturated heterocycles. The Morgan fingerprint density at radius 1 is 0.971 bits per heavy atom. The monoisotopic (exact) mass is 491 g/mol. The third-order valence-corrected chi connectivity index (χ3v) is 4.96. The maximum absolute atomic E-state index is 12.6. The molecule has 0 atom stereocenters. The summed E-state index contributed by atoms with van der Waals surface area (Å²) in [6.45, 7) is -0.319. The highest BCUT2D eigenvalue weighted by atomic mass is 35.5. The second-order valence-corrected chi connectivity index (χ2v) is 7.51. The molecule has 0 unspecified atom stereocenters. The van der Waals surface area contributed by atoms with Gasteiger partial charge >= 0.3 is 0 Å². The normalized spacial score (nSPS) is 10.6. The molecule has 3 rings (SSSR count). The van der Waals surface area contributed by atoms with E-state index in [0.717, 1.165) is 0 Å². The Balaban J connectivity index is 1.74. The van der Waals surface area contributed by atoms with Gasteiger partial charge in [0.1, 0.15) is 28.9 Å². The van der Waals surface area contributed by atoms with E-state index in [2.05, 4.69) is 10.6 Å². The first-order valence-electron chi connectivity index (χ1n) is 10.4. The number of ether oxygens (including phenoxy) is 3. The summed E-state index contributed by atoms with van der Waals surface area (Å²) < 4.78 is 16.0. The lowest BCUT2D eigenvalue weighted by Gasteiger charge is -2.12. The molecule has 0 saturated carbocycles. The fourth-order valence-electron chi connectivity index (χ4n) is 3.02. The van der Waals surface area contributed by atoms with Crippen molar-refractivity contribution in [2.75, 3.05) is 31.5 Å². The van der Waals surface area contributed by atoms with E-state index in [-0.39, 0.29) is 17.9 Å². The number of rotatable bonds is 9. The molecule has 8 nitrogen and oxygen atoms in total. The minimum atomic E-state index is -0.613. The molecule has 0 aliphatic heterocycles. The van der Waals surface area contributed by atoms with Gasteiger partial charge in [0, 0.05) is 16.3 Å². The summed E-state index contributed by atoms with van der Waals surface area (Å²) in [7, 11) is 3.04. The quantitative estimate of drug-likeness (QED) is 0.325. The molecule has 0 heterocycles. The van der Waals surface area contributed by atoms with Crippen molar-refractivity contribution >= 4 is 40.9 Å². The Hall–Kier alpha value is -4.48. The molecule has 2 amide bonds. The number of carbonyl (C=O) groups excluding carboxylic acids is 2. The first-order chi connectivity index (χ1) is 16.9. The predicted molar refractivity (Wildman–Crippen MR) is 134 cm³/mol. The van der Waals surface area contributed by atoms with Crippen LogP contribution in [0.25, 0.3) is 6.08 Å². The smallest absolute Gasteiger partial charge is 0.266 e. The molecule has 3 aromatic rings. The van der Waals surface area contributed by atoms with Crippen LogP contribution in [0.15, 0.2) is 72.3 Å². The molecule has 178 valence electrons. The molecule has 0 fully saturated rings. The van der Waals surface area contributed by atoms with Crippen LogP contribution in [0.2, 0.25) is 5.02 Å². The fourth-order valence-corrected chi connectivity index (χ4v) is 3.20. The Morgan fingerprint density at radius 2 is 1.71 bits per heavy atom. The molecule has 3 aromatic carbocycles. The van der Waals surface area contributed by atoms with E-state index in [1.807, 2.05) is 6.07 Å². The van der Waals surface area contributed by atoms with Crippen LogP contribution < -0.4 is 24.8 Å². The Bertz CT molecular complexity index is 1280. The van der Waals surface area contributed by atoms with Crippen LogP contribution >= 0.6 is 11.6 Å². The van der Waals surface area contributed by atoms with Crippen molar-refractivity contribution in [1.82, 2.24) is 0 Å². The number of nitrogens with zero attached hydrogens (tertiary/aromatic N) is 1. The zero-order chi connectivity index (χ0) is 25.2. The van der Waals surface area contributed by atoms with Gasteiger partial charge in [-0.15, -0.1) is 0 Å². The summed E-state index contributed by atoms with van der Waals surface area (Å²) in [4.78, 5) is 25.1. The summed E-state index contributed by atoms with van der Waals surface area (Å²) >= 11 is 6.11. The number of hydrogen-bond donors (Lipinski definition) is 2. The topological polar surface area (TPSA) is 110 Å². The summed E-state index contributed by atoms with van der Waals surface area (Å²) in [5.41, 5.74) is 1.18. The Kier molecular flexibility index (Phi) is 8.70. The molecular formula is C26H22ClN3O5. The molecule has 9 heteroatoms. The highest BCUT2D eigenvalue weighted by molar-refractivity contribution is 6.30. The number of carbonyl (C=O) groups is 2. The lowest BCUT2D eigenvalue weighted by molar-refractivity contribution is -0.118. The second kappa shape index (κ2) is 12.1. The fraction of sp³-hybridized carbons (Fsp3) is 0.115. The largest absolute Gasteiger partial charge is 0.497 e. The van der Waals surface area contributed by atoms with Crippen LogP contribution in [-0.4, -0.2) is 32.6 Å². The lowest BCUT2D eigenvalue weighted by Crippen LogP contribution is -2.20. The van der Waals surface area contributed by atoms with E-state index in [1.165, 1.54) is 26.4 Å². The van der Waals surface area contributed by atoms with Gasteiger partial charge in [0.15, 0.2) is 6.61 Å². The number of nitrogens with one attached hydrogen (secondary N) is 2. The molecular weight excluding hydrogens is 470 g/mol. The number of nitriles is 1. The number of anilines is 2. The number of para-hydroxylation sites is 2. The van der Waals surface area contributed by atoms with Gasteiger partial charge in [0.05, 0.1) is 19.9 Å². The van der Waals surface area contributed by atoms with E-state index in [9.17, 15) is 14.9 Å².